The first-order valence-electron chi connectivity index (χ1n) is 10.3. The molecule has 1 fully saturated rings. The predicted molar refractivity (Wildman–Crippen MR) is 139 cm³/mol. The Bertz CT molecular complexity index is 942. The minimum atomic E-state index is -3.29. The van der Waals surface area contributed by atoms with E-state index in [1.165, 1.54) is 5.56 Å². The third-order valence-corrected chi connectivity index (χ3v) is 6.85. The first kappa shape index (κ1) is 25.4. The molecule has 8 heteroatoms. The normalized spacial score (nSPS) is 15.6. The number of hydrogen-bond acceptors (Lipinski definition) is 4. The van der Waals surface area contributed by atoms with Crippen molar-refractivity contribution in [2.45, 2.75) is 4.90 Å². The van der Waals surface area contributed by atoms with Crippen molar-refractivity contribution in [3.8, 4) is 0 Å². The molecule has 3 rings (SSSR count). The first-order valence-corrected chi connectivity index (χ1v) is 11.9. The molecule has 0 aliphatic carbocycles. The average Bonchev–Trinajstić information content (AvgIpc) is 2.79. The lowest BCUT2D eigenvalue weighted by molar-refractivity contribution is 0.194. The Morgan fingerprint density at radius 1 is 1.00 bits per heavy atom. The summed E-state index contributed by atoms with van der Waals surface area (Å²) in [6.45, 7) is 4.88. The number of nitrogens with one attached hydrogen (secondary N) is 1. The molecule has 0 saturated carbocycles. The lowest BCUT2D eigenvalue weighted by Crippen LogP contribution is -2.52. The van der Waals surface area contributed by atoms with Crippen LogP contribution >= 0.6 is 24.0 Å². The minimum Gasteiger partial charge on any atom is -0.355 e. The standard InChI is InChI=1S/C23H30N4O2S.HI/c1-24-23(25-14-20-30(28,29)22-12-6-3-7-13-22)27-18-16-26(17-19-27)15-8-11-21-9-4-2-5-10-21;/h2-13H,14-20H2,1H3,(H,24,25);1H/b11-8+;. The molecule has 1 aliphatic rings. The number of halogens is 1. The van der Waals surface area contributed by atoms with Crippen molar-refractivity contribution in [3.05, 3.63) is 72.3 Å². The Labute approximate surface area is 203 Å². The van der Waals surface area contributed by atoms with Gasteiger partial charge in [0.2, 0.25) is 0 Å². The molecule has 2 aromatic carbocycles. The van der Waals surface area contributed by atoms with Gasteiger partial charge in [-0.15, -0.1) is 24.0 Å². The molecule has 0 bridgehead atoms. The molecule has 1 N–H and O–H groups in total. The molecule has 1 aliphatic heterocycles. The van der Waals surface area contributed by atoms with Crippen LogP contribution in [0.4, 0.5) is 0 Å². The highest BCUT2D eigenvalue weighted by molar-refractivity contribution is 14.0. The Morgan fingerprint density at radius 3 is 2.23 bits per heavy atom. The quantitative estimate of drug-likeness (QED) is 0.324. The van der Waals surface area contributed by atoms with E-state index in [1.54, 1.807) is 31.3 Å². The summed E-state index contributed by atoms with van der Waals surface area (Å²) in [5, 5.41) is 3.21. The van der Waals surface area contributed by atoms with Gasteiger partial charge in [-0.2, -0.15) is 0 Å². The fourth-order valence-electron chi connectivity index (χ4n) is 3.42. The van der Waals surface area contributed by atoms with Gasteiger partial charge in [-0.05, 0) is 17.7 Å². The van der Waals surface area contributed by atoms with Gasteiger partial charge in [0.1, 0.15) is 0 Å². The zero-order chi connectivity index (χ0) is 21.2. The Kier molecular flexibility index (Phi) is 10.5. The van der Waals surface area contributed by atoms with E-state index in [1.807, 2.05) is 24.3 Å². The third kappa shape index (κ3) is 7.93. The van der Waals surface area contributed by atoms with E-state index in [0.717, 1.165) is 38.7 Å². The maximum atomic E-state index is 12.4. The number of sulfone groups is 1. The molecule has 1 saturated heterocycles. The van der Waals surface area contributed by atoms with Crippen molar-refractivity contribution in [2.75, 3.05) is 52.1 Å². The van der Waals surface area contributed by atoms with Crippen LogP contribution in [0.25, 0.3) is 6.08 Å². The van der Waals surface area contributed by atoms with Gasteiger partial charge in [0.25, 0.3) is 0 Å². The minimum absolute atomic E-state index is 0. The topological polar surface area (TPSA) is 65.0 Å². The number of guanidine groups is 1. The highest BCUT2D eigenvalue weighted by Crippen LogP contribution is 2.09. The van der Waals surface area contributed by atoms with Crippen LogP contribution < -0.4 is 5.32 Å². The van der Waals surface area contributed by atoms with Crippen LogP contribution in [0.2, 0.25) is 0 Å². The average molecular weight is 554 g/mol. The largest absolute Gasteiger partial charge is 0.355 e. The molecular formula is C23H31IN4O2S. The smallest absolute Gasteiger partial charge is 0.193 e. The summed E-state index contributed by atoms with van der Waals surface area (Å²) in [6.07, 6.45) is 4.35. The van der Waals surface area contributed by atoms with Crippen LogP contribution in [0, 0.1) is 0 Å². The zero-order valence-electron chi connectivity index (χ0n) is 17.9. The summed E-state index contributed by atoms with van der Waals surface area (Å²) >= 11 is 0. The van der Waals surface area contributed by atoms with E-state index in [0.29, 0.717) is 11.4 Å². The summed E-state index contributed by atoms with van der Waals surface area (Å²) < 4.78 is 24.8. The molecule has 0 amide bonds. The predicted octanol–water partition coefficient (Wildman–Crippen LogP) is 2.98. The second-order valence-electron chi connectivity index (χ2n) is 7.21. The Morgan fingerprint density at radius 2 is 1.61 bits per heavy atom. The van der Waals surface area contributed by atoms with Gasteiger partial charge >= 0.3 is 0 Å². The molecule has 1 heterocycles. The molecule has 0 aromatic heterocycles. The van der Waals surface area contributed by atoms with Crippen molar-refractivity contribution >= 4 is 45.8 Å². The van der Waals surface area contributed by atoms with Gasteiger partial charge in [0.05, 0.1) is 10.6 Å². The maximum absolute atomic E-state index is 12.4. The second kappa shape index (κ2) is 12.8. The van der Waals surface area contributed by atoms with E-state index in [9.17, 15) is 8.42 Å². The van der Waals surface area contributed by atoms with E-state index in [4.69, 9.17) is 0 Å². The Balaban J connectivity index is 0.00000341. The first-order chi connectivity index (χ1) is 14.6. The molecule has 168 valence electrons. The van der Waals surface area contributed by atoms with Crippen LogP contribution in [0.5, 0.6) is 0 Å². The van der Waals surface area contributed by atoms with Gasteiger partial charge < -0.3 is 10.2 Å². The summed E-state index contributed by atoms with van der Waals surface area (Å²) in [6, 6.07) is 18.9. The van der Waals surface area contributed by atoms with Crippen LogP contribution in [0.3, 0.4) is 0 Å². The fraction of sp³-hybridized carbons (Fsp3) is 0.348. The van der Waals surface area contributed by atoms with Crippen molar-refractivity contribution in [1.29, 1.82) is 0 Å². The zero-order valence-corrected chi connectivity index (χ0v) is 21.0. The van der Waals surface area contributed by atoms with Gasteiger partial charge in [-0.3, -0.25) is 9.89 Å². The monoisotopic (exact) mass is 554 g/mol. The molecule has 0 unspecified atom stereocenters. The Hall–Kier alpha value is -1.91. The number of benzene rings is 2. The summed E-state index contributed by atoms with van der Waals surface area (Å²) in [5.74, 6) is 0.804. The second-order valence-corrected chi connectivity index (χ2v) is 9.32. The van der Waals surface area contributed by atoms with Gasteiger partial charge in [-0.1, -0.05) is 60.7 Å². The van der Waals surface area contributed by atoms with Crippen LogP contribution in [0.15, 0.2) is 76.6 Å². The fourth-order valence-corrected chi connectivity index (χ4v) is 4.60. The lowest BCUT2D eigenvalue weighted by Gasteiger charge is -2.36. The molecule has 0 spiro atoms. The van der Waals surface area contributed by atoms with E-state index in [2.05, 4.69) is 44.4 Å². The van der Waals surface area contributed by atoms with Crippen LogP contribution in [0.1, 0.15) is 5.56 Å². The highest BCUT2D eigenvalue weighted by Gasteiger charge is 2.19. The molecule has 2 aromatic rings. The summed E-state index contributed by atoms with van der Waals surface area (Å²) in [7, 11) is -1.55. The van der Waals surface area contributed by atoms with Crippen LogP contribution in [-0.4, -0.2) is 76.2 Å². The van der Waals surface area contributed by atoms with Crippen molar-refractivity contribution in [1.82, 2.24) is 15.1 Å². The molecule has 0 atom stereocenters. The number of piperazine rings is 1. The van der Waals surface area contributed by atoms with E-state index >= 15 is 0 Å². The maximum Gasteiger partial charge on any atom is 0.193 e. The number of nitrogens with zero attached hydrogens (tertiary/aromatic N) is 3. The van der Waals surface area contributed by atoms with Gasteiger partial charge in [0.15, 0.2) is 15.8 Å². The third-order valence-electron chi connectivity index (χ3n) is 5.11. The van der Waals surface area contributed by atoms with Crippen molar-refractivity contribution in [3.63, 3.8) is 0 Å². The summed E-state index contributed by atoms with van der Waals surface area (Å²) in [5.41, 5.74) is 1.21. The number of rotatable bonds is 7. The summed E-state index contributed by atoms with van der Waals surface area (Å²) in [4.78, 5) is 9.29. The molecular weight excluding hydrogens is 523 g/mol. The van der Waals surface area contributed by atoms with Crippen LogP contribution in [-0.2, 0) is 9.84 Å². The number of hydrogen-bond donors (Lipinski definition) is 1. The number of aliphatic imine (C=N–C) groups is 1. The molecule has 31 heavy (non-hydrogen) atoms. The van der Waals surface area contributed by atoms with Gasteiger partial charge in [0, 0.05) is 46.3 Å². The SMILES string of the molecule is CN=C(NCCS(=O)(=O)c1ccccc1)N1CCN(C/C=C/c2ccccc2)CC1.I. The van der Waals surface area contributed by atoms with E-state index in [-0.39, 0.29) is 29.7 Å². The van der Waals surface area contributed by atoms with E-state index < -0.39 is 9.84 Å². The van der Waals surface area contributed by atoms with Crippen molar-refractivity contribution in [2.24, 2.45) is 4.99 Å². The van der Waals surface area contributed by atoms with Gasteiger partial charge in [-0.25, -0.2) is 8.42 Å². The molecule has 0 radical (unpaired) electrons. The highest BCUT2D eigenvalue weighted by atomic mass is 127. The van der Waals surface area contributed by atoms with Crippen molar-refractivity contribution < 1.29 is 8.42 Å². The molecule has 6 nitrogen and oxygen atoms in total. The lowest BCUT2D eigenvalue weighted by atomic mass is 10.2.